The number of piperazine rings is 1. The second-order valence-corrected chi connectivity index (χ2v) is 4.92. The predicted octanol–water partition coefficient (Wildman–Crippen LogP) is 0.720. The van der Waals surface area contributed by atoms with E-state index in [9.17, 15) is 0 Å². The normalized spacial score (nSPS) is 29.3. The van der Waals surface area contributed by atoms with Crippen LogP contribution >= 0.6 is 11.5 Å². The molecular weight excluding hydrogens is 196 g/mol. The quantitative estimate of drug-likeness (QED) is 0.784. The van der Waals surface area contributed by atoms with Crippen LogP contribution in [0.1, 0.15) is 18.7 Å². The molecule has 0 saturated carbocycles. The van der Waals surface area contributed by atoms with E-state index in [1.54, 1.807) is 0 Å². The maximum atomic E-state index is 3.88. The van der Waals surface area contributed by atoms with Crippen molar-refractivity contribution < 1.29 is 0 Å². The lowest BCUT2D eigenvalue weighted by molar-refractivity contribution is 0.168. The lowest BCUT2D eigenvalue weighted by atomic mass is 10.1. The number of hydrogen-bond donors (Lipinski definition) is 1. The molecule has 0 aliphatic carbocycles. The Morgan fingerprint density at radius 2 is 2.21 bits per heavy atom. The van der Waals surface area contributed by atoms with Crippen LogP contribution in [0.2, 0.25) is 0 Å². The van der Waals surface area contributed by atoms with Gasteiger partial charge in [0.2, 0.25) is 0 Å². The van der Waals surface area contributed by atoms with Crippen LogP contribution in [0.15, 0.2) is 6.20 Å². The molecule has 14 heavy (non-hydrogen) atoms. The molecule has 4 nitrogen and oxygen atoms in total. The summed E-state index contributed by atoms with van der Waals surface area (Å²) in [6, 6.07) is 1.17. The van der Waals surface area contributed by atoms with Gasteiger partial charge >= 0.3 is 0 Å². The molecular formula is C9H16N4S. The highest BCUT2D eigenvalue weighted by Crippen LogP contribution is 2.11. The van der Waals surface area contributed by atoms with E-state index < -0.39 is 0 Å². The molecule has 2 atom stereocenters. The minimum absolute atomic E-state index is 0.583. The van der Waals surface area contributed by atoms with Gasteiger partial charge < -0.3 is 5.32 Å². The number of rotatable bonds is 2. The summed E-state index contributed by atoms with van der Waals surface area (Å²) in [5, 5.41) is 7.37. The topological polar surface area (TPSA) is 41.1 Å². The Kier molecular flexibility index (Phi) is 3.10. The number of aromatic nitrogens is 2. The first-order valence-electron chi connectivity index (χ1n) is 4.98. The van der Waals surface area contributed by atoms with E-state index >= 15 is 0 Å². The van der Waals surface area contributed by atoms with Gasteiger partial charge in [-0.2, -0.15) is 0 Å². The van der Waals surface area contributed by atoms with E-state index in [1.807, 2.05) is 6.20 Å². The monoisotopic (exact) mass is 212 g/mol. The molecule has 1 fully saturated rings. The van der Waals surface area contributed by atoms with Gasteiger partial charge in [-0.3, -0.25) is 4.90 Å². The Morgan fingerprint density at radius 1 is 1.50 bits per heavy atom. The van der Waals surface area contributed by atoms with Gasteiger partial charge in [0.1, 0.15) is 0 Å². The van der Waals surface area contributed by atoms with Crippen LogP contribution in [0.5, 0.6) is 0 Å². The molecule has 0 amide bonds. The first-order valence-corrected chi connectivity index (χ1v) is 5.76. The van der Waals surface area contributed by atoms with Gasteiger partial charge in [-0.15, -0.1) is 5.10 Å². The SMILES string of the molecule is CC1CN(Cc2cnns2)CC(C)N1. The van der Waals surface area contributed by atoms with Crippen LogP contribution < -0.4 is 5.32 Å². The third-order valence-electron chi connectivity index (χ3n) is 2.42. The van der Waals surface area contributed by atoms with E-state index in [1.165, 1.54) is 16.4 Å². The van der Waals surface area contributed by atoms with Gasteiger partial charge in [0.25, 0.3) is 0 Å². The summed E-state index contributed by atoms with van der Waals surface area (Å²) in [5.74, 6) is 0. The molecule has 1 N–H and O–H groups in total. The zero-order chi connectivity index (χ0) is 9.97. The molecule has 1 aromatic rings. The minimum Gasteiger partial charge on any atom is -0.309 e. The second-order valence-electron chi connectivity index (χ2n) is 4.05. The fourth-order valence-corrected chi connectivity index (χ4v) is 2.58. The summed E-state index contributed by atoms with van der Waals surface area (Å²) < 4.78 is 3.88. The lowest BCUT2D eigenvalue weighted by Crippen LogP contribution is -2.53. The Labute approximate surface area is 88.5 Å². The van der Waals surface area contributed by atoms with Gasteiger partial charge in [0, 0.05) is 31.7 Å². The highest BCUT2D eigenvalue weighted by Gasteiger charge is 2.20. The molecule has 0 spiro atoms. The molecule has 2 rings (SSSR count). The van der Waals surface area contributed by atoms with Crippen molar-refractivity contribution in [3.05, 3.63) is 11.1 Å². The smallest absolute Gasteiger partial charge is 0.0666 e. The molecule has 0 bridgehead atoms. The highest BCUT2D eigenvalue weighted by atomic mass is 32.1. The summed E-state index contributed by atoms with van der Waals surface area (Å²) >= 11 is 1.50. The van der Waals surface area contributed by atoms with Gasteiger partial charge in [-0.25, -0.2) is 0 Å². The summed E-state index contributed by atoms with van der Waals surface area (Å²) in [5.41, 5.74) is 0. The van der Waals surface area contributed by atoms with Crippen LogP contribution in [0.25, 0.3) is 0 Å². The first-order chi connectivity index (χ1) is 6.74. The van der Waals surface area contributed by atoms with Crippen molar-refractivity contribution in [2.45, 2.75) is 32.5 Å². The van der Waals surface area contributed by atoms with Crippen molar-refractivity contribution in [2.75, 3.05) is 13.1 Å². The van der Waals surface area contributed by atoms with Crippen LogP contribution in [-0.2, 0) is 6.54 Å². The third-order valence-corrected chi connectivity index (χ3v) is 3.06. The number of nitrogens with one attached hydrogen (secondary N) is 1. The van der Waals surface area contributed by atoms with E-state index in [0.29, 0.717) is 12.1 Å². The lowest BCUT2D eigenvalue weighted by Gasteiger charge is -2.35. The maximum absolute atomic E-state index is 3.88. The van der Waals surface area contributed by atoms with Crippen LogP contribution in [0, 0.1) is 0 Å². The predicted molar refractivity (Wildman–Crippen MR) is 57.2 cm³/mol. The molecule has 1 aromatic heterocycles. The number of nitrogens with zero attached hydrogens (tertiary/aromatic N) is 3. The van der Waals surface area contributed by atoms with Crippen LogP contribution in [0.4, 0.5) is 0 Å². The average molecular weight is 212 g/mol. The largest absolute Gasteiger partial charge is 0.309 e. The standard InChI is InChI=1S/C9H16N4S/c1-7-4-13(5-8(2)11-7)6-9-3-10-12-14-9/h3,7-8,11H,4-6H2,1-2H3. The van der Waals surface area contributed by atoms with E-state index in [4.69, 9.17) is 0 Å². The fourth-order valence-electron chi connectivity index (χ4n) is 2.05. The van der Waals surface area contributed by atoms with E-state index in [-0.39, 0.29) is 0 Å². The first kappa shape index (κ1) is 10.0. The Morgan fingerprint density at radius 3 is 2.79 bits per heavy atom. The molecule has 0 aromatic carbocycles. The molecule has 0 radical (unpaired) electrons. The van der Waals surface area contributed by atoms with E-state index in [0.717, 1.165) is 19.6 Å². The zero-order valence-electron chi connectivity index (χ0n) is 8.60. The number of hydrogen-bond acceptors (Lipinski definition) is 5. The summed E-state index contributed by atoms with van der Waals surface area (Å²) in [6.45, 7) is 7.68. The third kappa shape index (κ3) is 2.50. The second kappa shape index (κ2) is 4.33. The fraction of sp³-hybridized carbons (Fsp3) is 0.778. The van der Waals surface area contributed by atoms with Gasteiger partial charge in [0.05, 0.1) is 11.1 Å². The van der Waals surface area contributed by atoms with E-state index in [2.05, 4.69) is 33.7 Å². The van der Waals surface area contributed by atoms with Gasteiger partial charge in [-0.05, 0) is 25.4 Å². The Balaban J connectivity index is 1.91. The summed E-state index contributed by atoms with van der Waals surface area (Å²) in [6.07, 6.45) is 1.86. The van der Waals surface area contributed by atoms with Crippen molar-refractivity contribution in [1.82, 2.24) is 19.8 Å². The van der Waals surface area contributed by atoms with Crippen molar-refractivity contribution >= 4 is 11.5 Å². The molecule has 5 heteroatoms. The minimum atomic E-state index is 0.583. The van der Waals surface area contributed by atoms with Crippen molar-refractivity contribution in [1.29, 1.82) is 0 Å². The maximum Gasteiger partial charge on any atom is 0.0666 e. The molecule has 1 aliphatic heterocycles. The highest BCUT2D eigenvalue weighted by molar-refractivity contribution is 7.05. The average Bonchev–Trinajstić information content (AvgIpc) is 2.54. The van der Waals surface area contributed by atoms with Crippen molar-refractivity contribution in [3.8, 4) is 0 Å². The molecule has 1 saturated heterocycles. The van der Waals surface area contributed by atoms with Crippen LogP contribution in [0.3, 0.4) is 0 Å². The molecule has 78 valence electrons. The Hall–Kier alpha value is -0.520. The van der Waals surface area contributed by atoms with Crippen molar-refractivity contribution in [3.63, 3.8) is 0 Å². The van der Waals surface area contributed by atoms with Crippen LogP contribution in [-0.4, -0.2) is 39.7 Å². The molecule has 1 aliphatic rings. The molecule has 2 unspecified atom stereocenters. The summed E-state index contributed by atoms with van der Waals surface area (Å²) in [7, 11) is 0. The Bertz CT molecular complexity index is 264. The van der Waals surface area contributed by atoms with Crippen molar-refractivity contribution in [2.24, 2.45) is 0 Å². The van der Waals surface area contributed by atoms with Gasteiger partial charge in [-0.1, -0.05) is 4.49 Å². The summed E-state index contributed by atoms with van der Waals surface area (Å²) in [4.78, 5) is 3.72. The zero-order valence-corrected chi connectivity index (χ0v) is 9.42. The molecule has 2 heterocycles. The van der Waals surface area contributed by atoms with Gasteiger partial charge in [0.15, 0.2) is 0 Å².